The zero-order valence-corrected chi connectivity index (χ0v) is 14.9. The lowest BCUT2D eigenvalue weighted by Crippen LogP contribution is -2.47. The number of hydrogen-bond acceptors (Lipinski definition) is 5. The van der Waals surface area contributed by atoms with E-state index in [0.717, 1.165) is 48.1 Å². The van der Waals surface area contributed by atoms with Crippen molar-refractivity contribution in [3.63, 3.8) is 0 Å². The maximum atomic E-state index is 11.7. The largest absolute Gasteiger partial charge is 0.343 e. The second-order valence-corrected chi connectivity index (χ2v) is 7.29. The molecule has 3 rings (SSSR count). The second kappa shape index (κ2) is 6.05. The smallest absolute Gasteiger partial charge is 0.217 e. The molecule has 6 nitrogen and oxygen atoms in total. The molecule has 3 heterocycles. The minimum atomic E-state index is -0.365. The molecule has 0 saturated carbocycles. The molecule has 124 valence electrons. The predicted molar refractivity (Wildman–Crippen MR) is 90.3 cm³/mol. The third kappa shape index (κ3) is 3.16. The minimum Gasteiger partial charge on any atom is -0.343 e. The Balaban J connectivity index is 1.82. The summed E-state index contributed by atoms with van der Waals surface area (Å²) in [6.45, 7) is 10.2. The first-order valence-electron chi connectivity index (χ1n) is 7.84. The maximum absolute atomic E-state index is 11.7. The van der Waals surface area contributed by atoms with Gasteiger partial charge in [0, 0.05) is 48.9 Å². The van der Waals surface area contributed by atoms with E-state index in [4.69, 9.17) is 0 Å². The van der Waals surface area contributed by atoms with Crippen LogP contribution in [-0.4, -0.2) is 39.1 Å². The monoisotopic (exact) mass is 333 g/mol. The van der Waals surface area contributed by atoms with Gasteiger partial charge in [-0.2, -0.15) is 5.10 Å². The fourth-order valence-corrected chi connectivity index (χ4v) is 4.27. The number of aryl methyl sites for hydroxylation is 3. The van der Waals surface area contributed by atoms with E-state index >= 15 is 0 Å². The molecule has 7 heteroatoms. The number of nitrogens with zero attached hydrogens (tertiary/aromatic N) is 3. The lowest BCUT2D eigenvalue weighted by molar-refractivity contribution is -0.120. The summed E-state index contributed by atoms with van der Waals surface area (Å²) in [7, 11) is 0. The molecular formula is C16H23N5OS. The van der Waals surface area contributed by atoms with Crippen molar-refractivity contribution in [1.82, 2.24) is 25.4 Å². The molecule has 0 aliphatic carbocycles. The van der Waals surface area contributed by atoms with E-state index in [2.05, 4.69) is 32.3 Å². The number of aromatic nitrogens is 3. The van der Waals surface area contributed by atoms with Crippen LogP contribution in [-0.2, 0) is 16.9 Å². The zero-order chi connectivity index (χ0) is 16.6. The maximum Gasteiger partial charge on any atom is 0.217 e. The van der Waals surface area contributed by atoms with Gasteiger partial charge < -0.3 is 5.32 Å². The fraction of sp³-hybridized carbons (Fsp3) is 0.562. The highest BCUT2D eigenvalue weighted by Crippen LogP contribution is 2.35. The number of nitrogens with one attached hydrogen (secondary N) is 2. The Bertz CT molecular complexity index is 702. The molecule has 2 aromatic rings. The van der Waals surface area contributed by atoms with Crippen molar-refractivity contribution >= 4 is 17.2 Å². The molecule has 1 aliphatic heterocycles. The van der Waals surface area contributed by atoms with Crippen molar-refractivity contribution in [2.75, 3.05) is 13.1 Å². The van der Waals surface area contributed by atoms with E-state index in [-0.39, 0.29) is 11.4 Å². The Morgan fingerprint density at radius 2 is 2.26 bits per heavy atom. The van der Waals surface area contributed by atoms with Gasteiger partial charge in [-0.1, -0.05) is 0 Å². The van der Waals surface area contributed by atoms with Crippen LogP contribution in [0.25, 0.3) is 0 Å². The summed E-state index contributed by atoms with van der Waals surface area (Å²) in [4.78, 5) is 18.8. The molecule has 0 bridgehead atoms. The van der Waals surface area contributed by atoms with Crippen LogP contribution in [0.15, 0.2) is 5.38 Å². The third-order valence-corrected chi connectivity index (χ3v) is 5.62. The number of rotatable bonds is 4. The molecule has 0 radical (unpaired) electrons. The molecule has 0 aromatic carbocycles. The van der Waals surface area contributed by atoms with E-state index < -0.39 is 0 Å². The number of carbonyl (C=O) groups is 1. The first kappa shape index (κ1) is 16.1. The van der Waals surface area contributed by atoms with Crippen LogP contribution >= 0.6 is 11.3 Å². The normalized spacial score (nSPS) is 21.7. The van der Waals surface area contributed by atoms with Gasteiger partial charge >= 0.3 is 0 Å². The van der Waals surface area contributed by atoms with Gasteiger partial charge in [0.1, 0.15) is 10.5 Å². The number of amides is 1. The SMILES string of the molecule is CC(=O)NC1(c2nc(C)cs2)CCN(Cc2c(C)n[nH]c2C)C1. The van der Waals surface area contributed by atoms with E-state index in [1.54, 1.807) is 18.3 Å². The molecule has 23 heavy (non-hydrogen) atoms. The Hall–Kier alpha value is -1.73. The summed E-state index contributed by atoms with van der Waals surface area (Å²) in [6.07, 6.45) is 0.884. The average Bonchev–Trinajstić information content (AvgIpc) is 3.15. The van der Waals surface area contributed by atoms with Crippen LogP contribution < -0.4 is 5.32 Å². The lowest BCUT2D eigenvalue weighted by Gasteiger charge is -2.28. The van der Waals surface area contributed by atoms with E-state index in [0.29, 0.717) is 0 Å². The molecule has 1 unspecified atom stereocenters. The number of thiazole rings is 1. The topological polar surface area (TPSA) is 73.9 Å². The standard InChI is InChI=1S/C16H23N5OS/c1-10-8-23-15(17-10)16(18-13(4)22)5-6-21(9-16)7-14-11(2)19-20-12(14)3/h8H,5-7,9H2,1-4H3,(H,18,22)(H,19,20). The summed E-state index contributed by atoms with van der Waals surface area (Å²) >= 11 is 1.63. The molecule has 1 saturated heterocycles. The summed E-state index contributed by atoms with van der Waals surface area (Å²) in [5.41, 5.74) is 4.05. The molecule has 2 aromatic heterocycles. The van der Waals surface area contributed by atoms with Crippen LogP contribution in [0.1, 0.15) is 41.0 Å². The molecule has 1 atom stereocenters. The Morgan fingerprint density at radius 3 is 2.83 bits per heavy atom. The van der Waals surface area contributed by atoms with Gasteiger partial charge in [0.2, 0.25) is 5.91 Å². The van der Waals surface area contributed by atoms with Crippen LogP contribution in [0.4, 0.5) is 0 Å². The van der Waals surface area contributed by atoms with Crippen molar-refractivity contribution in [3.05, 3.63) is 33.0 Å². The van der Waals surface area contributed by atoms with Crippen molar-refractivity contribution in [3.8, 4) is 0 Å². The Labute approximate surface area is 140 Å². The second-order valence-electron chi connectivity index (χ2n) is 6.43. The summed E-state index contributed by atoms with van der Waals surface area (Å²) < 4.78 is 0. The molecule has 1 fully saturated rings. The van der Waals surface area contributed by atoms with E-state index in [9.17, 15) is 4.79 Å². The van der Waals surface area contributed by atoms with Crippen LogP contribution in [0.5, 0.6) is 0 Å². The van der Waals surface area contributed by atoms with Gasteiger partial charge in [-0.25, -0.2) is 4.98 Å². The summed E-state index contributed by atoms with van der Waals surface area (Å²) in [5, 5.41) is 13.5. The first-order chi connectivity index (χ1) is 10.9. The molecule has 0 spiro atoms. The third-order valence-electron chi connectivity index (χ3n) is 4.45. The highest BCUT2D eigenvalue weighted by atomic mass is 32.1. The number of hydrogen-bond donors (Lipinski definition) is 2. The number of H-pyrrole nitrogens is 1. The van der Waals surface area contributed by atoms with E-state index in [1.165, 1.54) is 5.56 Å². The van der Waals surface area contributed by atoms with Crippen molar-refractivity contribution < 1.29 is 4.79 Å². The fourth-order valence-electron chi connectivity index (χ4n) is 3.30. The van der Waals surface area contributed by atoms with Crippen LogP contribution in [0.2, 0.25) is 0 Å². The zero-order valence-electron chi connectivity index (χ0n) is 14.1. The van der Waals surface area contributed by atoms with Gasteiger partial charge in [0.15, 0.2) is 0 Å². The summed E-state index contributed by atoms with van der Waals surface area (Å²) in [6, 6.07) is 0. The lowest BCUT2D eigenvalue weighted by atomic mass is 9.99. The first-order valence-corrected chi connectivity index (χ1v) is 8.72. The van der Waals surface area contributed by atoms with Crippen molar-refractivity contribution in [1.29, 1.82) is 0 Å². The van der Waals surface area contributed by atoms with Crippen molar-refractivity contribution in [2.24, 2.45) is 0 Å². The molecular weight excluding hydrogens is 310 g/mol. The van der Waals surface area contributed by atoms with Crippen molar-refractivity contribution in [2.45, 2.75) is 46.2 Å². The van der Waals surface area contributed by atoms with Gasteiger partial charge in [0.05, 0.1) is 5.69 Å². The van der Waals surface area contributed by atoms with Crippen LogP contribution in [0.3, 0.4) is 0 Å². The van der Waals surface area contributed by atoms with Gasteiger partial charge in [0.25, 0.3) is 0 Å². The van der Waals surface area contributed by atoms with Crippen LogP contribution in [0, 0.1) is 20.8 Å². The van der Waals surface area contributed by atoms with E-state index in [1.807, 2.05) is 19.2 Å². The Morgan fingerprint density at radius 1 is 1.48 bits per heavy atom. The number of aromatic amines is 1. The highest BCUT2D eigenvalue weighted by Gasteiger charge is 2.42. The minimum absolute atomic E-state index is 0.00428. The molecule has 1 amide bonds. The van der Waals surface area contributed by atoms with Gasteiger partial charge in [-0.05, 0) is 27.2 Å². The highest BCUT2D eigenvalue weighted by molar-refractivity contribution is 7.09. The summed E-state index contributed by atoms with van der Waals surface area (Å²) in [5.74, 6) is -0.00428. The molecule has 1 aliphatic rings. The Kier molecular flexibility index (Phi) is 4.25. The number of likely N-dealkylation sites (tertiary alicyclic amines) is 1. The van der Waals surface area contributed by atoms with Gasteiger partial charge in [-0.15, -0.1) is 11.3 Å². The average molecular weight is 333 g/mol. The molecule has 2 N–H and O–H groups in total. The van der Waals surface area contributed by atoms with Gasteiger partial charge in [-0.3, -0.25) is 14.8 Å². The predicted octanol–water partition coefficient (Wildman–Crippen LogP) is 2.03. The quantitative estimate of drug-likeness (QED) is 0.898. The number of carbonyl (C=O) groups excluding carboxylic acids is 1.